The van der Waals surface area contributed by atoms with Gasteiger partial charge in [0.2, 0.25) is 0 Å². The molecule has 0 bridgehead atoms. The van der Waals surface area contributed by atoms with Crippen molar-refractivity contribution in [3.8, 4) is 5.75 Å². The maximum atomic E-state index is 5.64. The van der Waals surface area contributed by atoms with Crippen molar-refractivity contribution in [3.63, 3.8) is 0 Å². The third-order valence-electron chi connectivity index (χ3n) is 3.13. The number of nitrogens with one attached hydrogen (secondary N) is 1. The number of hydrogen-bond donors (Lipinski definition) is 1. The topological polar surface area (TPSA) is 34.1 Å². The number of hydrogen-bond acceptors (Lipinski definition) is 3. The molecule has 1 unspecified atom stereocenters. The molecule has 0 spiro atoms. The summed E-state index contributed by atoms with van der Waals surface area (Å²) in [4.78, 5) is 4.38. The van der Waals surface area contributed by atoms with E-state index < -0.39 is 0 Å². The zero-order chi connectivity index (χ0) is 11.4. The van der Waals surface area contributed by atoms with E-state index in [-0.39, 0.29) is 0 Å². The minimum Gasteiger partial charge on any atom is -0.492 e. The summed E-state index contributed by atoms with van der Waals surface area (Å²) >= 11 is 0. The number of ether oxygens (including phenoxy) is 1. The van der Waals surface area contributed by atoms with Gasteiger partial charge in [-0.1, -0.05) is 12.8 Å². The molecule has 0 aromatic carbocycles. The average Bonchev–Trinajstić information content (AvgIpc) is 3.13. The maximum absolute atomic E-state index is 5.64. The normalized spacial score (nSPS) is 17.1. The van der Waals surface area contributed by atoms with Crippen LogP contribution < -0.4 is 10.1 Å². The molecule has 0 radical (unpaired) electrons. The molecular formula is C13H20N2O. The summed E-state index contributed by atoms with van der Waals surface area (Å²) in [6, 6.07) is 4.32. The van der Waals surface area contributed by atoms with Crippen LogP contribution in [0.4, 0.5) is 0 Å². The van der Waals surface area contributed by atoms with E-state index in [0.29, 0.717) is 6.04 Å². The van der Waals surface area contributed by atoms with Gasteiger partial charge in [-0.05, 0) is 38.4 Å². The summed E-state index contributed by atoms with van der Waals surface area (Å²) in [5, 5.41) is 3.16. The smallest absolute Gasteiger partial charge is 0.137 e. The largest absolute Gasteiger partial charge is 0.492 e. The predicted molar refractivity (Wildman–Crippen MR) is 64.5 cm³/mol. The summed E-state index contributed by atoms with van der Waals surface area (Å²) in [6.45, 7) is 2.92. The Morgan fingerprint density at radius 3 is 2.88 bits per heavy atom. The Morgan fingerprint density at radius 2 is 2.31 bits per heavy atom. The van der Waals surface area contributed by atoms with Gasteiger partial charge in [-0.2, -0.15) is 0 Å². The van der Waals surface area contributed by atoms with Crippen molar-refractivity contribution in [2.45, 2.75) is 32.2 Å². The monoisotopic (exact) mass is 220 g/mol. The van der Waals surface area contributed by atoms with Crippen LogP contribution in [0.1, 0.15) is 37.9 Å². The fraction of sp³-hybridized carbons (Fsp3) is 0.615. The van der Waals surface area contributed by atoms with Crippen LogP contribution in [0.25, 0.3) is 0 Å². The van der Waals surface area contributed by atoms with Gasteiger partial charge in [0.25, 0.3) is 0 Å². The van der Waals surface area contributed by atoms with Crippen molar-refractivity contribution in [3.05, 3.63) is 24.0 Å². The van der Waals surface area contributed by atoms with Crippen LogP contribution in [0.3, 0.4) is 0 Å². The molecule has 1 aromatic heterocycles. The number of rotatable bonds is 6. The molecule has 1 fully saturated rings. The highest BCUT2D eigenvalue weighted by Gasteiger charge is 2.20. The quantitative estimate of drug-likeness (QED) is 0.800. The molecule has 1 atom stereocenters. The van der Waals surface area contributed by atoms with Gasteiger partial charge in [0, 0.05) is 6.04 Å². The molecule has 1 N–H and O–H groups in total. The molecule has 1 saturated carbocycles. The summed E-state index contributed by atoms with van der Waals surface area (Å²) in [5.41, 5.74) is 1.05. The highest BCUT2D eigenvalue weighted by atomic mass is 16.5. The highest BCUT2D eigenvalue weighted by molar-refractivity contribution is 5.21. The zero-order valence-electron chi connectivity index (χ0n) is 10.1. The third-order valence-corrected chi connectivity index (χ3v) is 3.13. The highest BCUT2D eigenvalue weighted by Crippen LogP contribution is 2.32. The molecule has 2 rings (SSSR count). The molecule has 0 aliphatic heterocycles. The number of aromatic nitrogens is 1. The molecule has 88 valence electrons. The predicted octanol–water partition coefficient (Wildman–Crippen LogP) is 2.54. The lowest BCUT2D eigenvalue weighted by Gasteiger charge is -2.10. The third kappa shape index (κ3) is 3.20. The second-order valence-corrected chi connectivity index (χ2v) is 4.51. The first kappa shape index (κ1) is 11.4. The molecule has 1 aliphatic carbocycles. The van der Waals surface area contributed by atoms with Gasteiger partial charge < -0.3 is 10.1 Å². The van der Waals surface area contributed by atoms with E-state index in [2.05, 4.69) is 17.2 Å². The molecule has 0 saturated heterocycles. The minimum absolute atomic E-state index is 0.292. The standard InChI is InChI=1S/C13H20N2O/c1-10(14-2)13-6-5-12(9-15-13)16-8-7-11-3-4-11/h5-6,9-11,14H,3-4,7-8H2,1-2H3. The van der Waals surface area contributed by atoms with Gasteiger partial charge in [-0.25, -0.2) is 0 Å². The van der Waals surface area contributed by atoms with Crippen molar-refractivity contribution >= 4 is 0 Å². The van der Waals surface area contributed by atoms with E-state index >= 15 is 0 Å². The number of nitrogens with zero attached hydrogens (tertiary/aromatic N) is 1. The van der Waals surface area contributed by atoms with Crippen LogP contribution in [-0.2, 0) is 0 Å². The van der Waals surface area contributed by atoms with E-state index in [1.165, 1.54) is 19.3 Å². The lowest BCUT2D eigenvalue weighted by Crippen LogP contribution is -2.13. The van der Waals surface area contributed by atoms with Crippen molar-refractivity contribution in [1.29, 1.82) is 0 Å². The summed E-state index contributed by atoms with van der Waals surface area (Å²) in [6.07, 6.45) is 5.78. The Morgan fingerprint density at radius 1 is 1.50 bits per heavy atom. The van der Waals surface area contributed by atoms with Gasteiger partial charge in [-0.3, -0.25) is 4.98 Å². The first-order valence-electron chi connectivity index (χ1n) is 6.05. The molecule has 1 heterocycles. The van der Waals surface area contributed by atoms with E-state index in [1.807, 2.05) is 25.4 Å². The van der Waals surface area contributed by atoms with Crippen molar-refractivity contribution < 1.29 is 4.74 Å². The zero-order valence-corrected chi connectivity index (χ0v) is 10.1. The first-order valence-corrected chi connectivity index (χ1v) is 6.05. The Hall–Kier alpha value is -1.09. The second-order valence-electron chi connectivity index (χ2n) is 4.51. The lowest BCUT2D eigenvalue weighted by molar-refractivity contribution is 0.301. The van der Waals surface area contributed by atoms with Crippen LogP contribution in [0, 0.1) is 5.92 Å². The van der Waals surface area contributed by atoms with E-state index in [4.69, 9.17) is 4.74 Å². The first-order chi connectivity index (χ1) is 7.79. The molecule has 3 heteroatoms. The van der Waals surface area contributed by atoms with Gasteiger partial charge in [-0.15, -0.1) is 0 Å². The fourth-order valence-electron chi connectivity index (χ4n) is 1.63. The molecular weight excluding hydrogens is 200 g/mol. The van der Waals surface area contributed by atoms with Gasteiger partial charge in [0.15, 0.2) is 0 Å². The minimum atomic E-state index is 0.292. The van der Waals surface area contributed by atoms with Gasteiger partial charge >= 0.3 is 0 Å². The Bertz CT molecular complexity index is 319. The van der Waals surface area contributed by atoms with E-state index in [1.54, 1.807) is 0 Å². The molecule has 1 aromatic rings. The van der Waals surface area contributed by atoms with Crippen LogP contribution in [0.5, 0.6) is 5.75 Å². The fourth-order valence-corrected chi connectivity index (χ4v) is 1.63. The van der Waals surface area contributed by atoms with Gasteiger partial charge in [0.05, 0.1) is 18.5 Å². The molecule has 16 heavy (non-hydrogen) atoms. The average molecular weight is 220 g/mol. The van der Waals surface area contributed by atoms with Crippen LogP contribution in [-0.4, -0.2) is 18.6 Å². The van der Waals surface area contributed by atoms with E-state index in [9.17, 15) is 0 Å². The molecule has 0 amide bonds. The molecule has 3 nitrogen and oxygen atoms in total. The van der Waals surface area contributed by atoms with Crippen LogP contribution in [0.2, 0.25) is 0 Å². The van der Waals surface area contributed by atoms with E-state index in [0.717, 1.165) is 24.0 Å². The number of pyridine rings is 1. The van der Waals surface area contributed by atoms with Crippen LogP contribution in [0.15, 0.2) is 18.3 Å². The summed E-state index contributed by atoms with van der Waals surface area (Å²) < 4.78 is 5.64. The van der Waals surface area contributed by atoms with Crippen molar-refractivity contribution in [2.75, 3.05) is 13.7 Å². The second kappa shape index (κ2) is 5.30. The summed E-state index contributed by atoms with van der Waals surface area (Å²) in [7, 11) is 1.94. The van der Waals surface area contributed by atoms with Crippen LogP contribution >= 0.6 is 0 Å². The molecule has 1 aliphatic rings. The van der Waals surface area contributed by atoms with Crippen molar-refractivity contribution in [1.82, 2.24) is 10.3 Å². The lowest BCUT2D eigenvalue weighted by atomic mass is 10.2. The maximum Gasteiger partial charge on any atom is 0.137 e. The summed E-state index contributed by atoms with van der Waals surface area (Å²) in [5.74, 6) is 1.81. The van der Waals surface area contributed by atoms with Gasteiger partial charge in [0.1, 0.15) is 5.75 Å². The SMILES string of the molecule is CNC(C)c1ccc(OCCC2CC2)cn1. The Kier molecular flexibility index (Phi) is 3.78. The Labute approximate surface area is 97.2 Å². The Balaban J connectivity index is 1.80. The van der Waals surface area contributed by atoms with Crippen molar-refractivity contribution in [2.24, 2.45) is 5.92 Å².